The molecule has 224 valence electrons. The summed E-state index contributed by atoms with van der Waals surface area (Å²) in [6, 6.07) is 28.6. The molecule has 3 aromatic rings. The minimum atomic E-state index is -0.391. The van der Waals surface area contributed by atoms with E-state index in [0.29, 0.717) is 26.1 Å². The molecule has 0 unspecified atom stereocenters. The summed E-state index contributed by atoms with van der Waals surface area (Å²) in [4.78, 5) is 32.8. The number of rotatable bonds is 16. The van der Waals surface area contributed by atoms with E-state index in [-0.39, 0.29) is 18.0 Å². The van der Waals surface area contributed by atoms with E-state index in [1.165, 1.54) is 11.1 Å². The van der Waals surface area contributed by atoms with Gasteiger partial charge in [0.15, 0.2) is 0 Å². The molecular weight excluding hydrogens is 524 g/mol. The zero-order chi connectivity index (χ0) is 29.7. The van der Waals surface area contributed by atoms with Crippen molar-refractivity contribution in [2.45, 2.75) is 57.8 Å². The normalized spacial score (nSPS) is 16.2. The van der Waals surface area contributed by atoms with Crippen LogP contribution in [0.5, 0.6) is 5.75 Å². The zero-order valence-corrected chi connectivity index (χ0v) is 25.4. The number of carbonyl (C=O) groups excluding carboxylic acids is 2. The largest absolute Gasteiger partial charge is 0.497 e. The molecule has 1 fully saturated rings. The molecule has 2 atom stereocenters. The Morgan fingerprint density at radius 3 is 2.21 bits per heavy atom. The highest BCUT2D eigenvalue weighted by Gasteiger charge is 2.39. The van der Waals surface area contributed by atoms with Crippen LogP contribution in [0.15, 0.2) is 84.9 Å². The van der Waals surface area contributed by atoms with E-state index in [4.69, 9.17) is 4.74 Å². The number of nitrogens with zero attached hydrogens (tertiary/aromatic N) is 3. The first-order valence-corrected chi connectivity index (χ1v) is 15.2. The first kappa shape index (κ1) is 31.3. The maximum atomic E-state index is 13.5. The number of carbonyl (C=O) groups is 2. The third-order valence-electron chi connectivity index (χ3n) is 8.11. The van der Waals surface area contributed by atoms with Gasteiger partial charge in [0.05, 0.1) is 7.11 Å². The third kappa shape index (κ3) is 9.16. The lowest BCUT2D eigenvalue weighted by atomic mass is 10.0. The summed E-state index contributed by atoms with van der Waals surface area (Å²) in [6.45, 7) is 6.43. The van der Waals surface area contributed by atoms with Gasteiger partial charge in [-0.2, -0.15) is 0 Å². The van der Waals surface area contributed by atoms with E-state index >= 15 is 0 Å². The summed E-state index contributed by atoms with van der Waals surface area (Å²) in [5.74, 6) is 0.0372. The lowest BCUT2D eigenvalue weighted by Gasteiger charge is -2.42. The summed E-state index contributed by atoms with van der Waals surface area (Å²) in [6.07, 6.45) is 3.59. The molecule has 1 heterocycles. The fourth-order valence-corrected chi connectivity index (χ4v) is 5.67. The molecule has 1 N–H and O–H groups in total. The van der Waals surface area contributed by atoms with Crippen LogP contribution in [-0.2, 0) is 29.1 Å². The Balaban J connectivity index is 1.33. The summed E-state index contributed by atoms with van der Waals surface area (Å²) < 4.78 is 5.25. The van der Waals surface area contributed by atoms with Crippen LogP contribution in [0.1, 0.15) is 42.9 Å². The SMILES string of the molecule is COc1ccc(CCN2C(=O)C(=O)N([C@@H](CCCCN(C)Cc3ccccc3)CNCc3ccccc3)C[C@@H]2C)cc1. The maximum absolute atomic E-state index is 13.5. The van der Waals surface area contributed by atoms with Gasteiger partial charge in [-0.05, 0) is 68.6 Å². The third-order valence-corrected chi connectivity index (χ3v) is 8.11. The molecule has 1 saturated heterocycles. The molecule has 0 aliphatic carbocycles. The first-order valence-electron chi connectivity index (χ1n) is 15.2. The van der Waals surface area contributed by atoms with Crippen molar-refractivity contribution in [1.29, 1.82) is 0 Å². The summed E-state index contributed by atoms with van der Waals surface area (Å²) >= 11 is 0. The molecule has 1 aliphatic rings. The van der Waals surface area contributed by atoms with Crippen LogP contribution in [-0.4, -0.2) is 78.9 Å². The lowest BCUT2D eigenvalue weighted by Crippen LogP contribution is -2.62. The molecular formula is C35H46N4O3. The fraction of sp³-hybridized carbons (Fsp3) is 0.429. The van der Waals surface area contributed by atoms with Crippen molar-refractivity contribution >= 4 is 11.8 Å². The Morgan fingerprint density at radius 2 is 1.55 bits per heavy atom. The quantitative estimate of drug-likeness (QED) is 0.199. The second-order valence-corrected chi connectivity index (χ2v) is 11.4. The van der Waals surface area contributed by atoms with Gasteiger partial charge < -0.3 is 24.8 Å². The second kappa shape index (κ2) is 16.1. The molecule has 0 saturated carbocycles. The maximum Gasteiger partial charge on any atom is 0.312 e. The highest BCUT2D eigenvalue weighted by Crippen LogP contribution is 2.20. The smallest absolute Gasteiger partial charge is 0.312 e. The van der Waals surface area contributed by atoms with Gasteiger partial charge >= 0.3 is 11.8 Å². The molecule has 0 aromatic heterocycles. The molecule has 2 amide bonds. The molecule has 7 heteroatoms. The highest BCUT2D eigenvalue weighted by molar-refractivity contribution is 6.35. The van der Waals surface area contributed by atoms with Crippen molar-refractivity contribution in [1.82, 2.24) is 20.0 Å². The Bertz CT molecular complexity index is 1240. The van der Waals surface area contributed by atoms with Crippen molar-refractivity contribution in [2.75, 3.05) is 40.3 Å². The van der Waals surface area contributed by atoms with E-state index in [0.717, 1.165) is 50.2 Å². The number of amides is 2. The highest BCUT2D eigenvalue weighted by atomic mass is 16.5. The van der Waals surface area contributed by atoms with Crippen LogP contribution < -0.4 is 10.1 Å². The molecule has 7 nitrogen and oxygen atoms in total. The number of methoxy groups -OCH3 is 1. The molecule has 4 rings (SSSR count). The Labute approximate surface area is 251 Å². The van der Waals surface area contributed by atoms with Crippen LogP contribution >= 0.6 is 0 Å². The van der Waals surface area contributed by atoms with Crippen LogP contribution in [0.4, 0.5) is 0 Å². The van der Waals surface area contributed by atoms with Gasteiger partial charge in [-0.25, -0.2) is 0 Å². The van der Waals surface area contributed by atoms with Crippen molar-refractivity contribution < 1.29 is 14.3 Å². The molecule has 3 aromatic carbocycles. The lowest BCUT2D eigenvalue weighted by molar-refractivity contribution is -0.160. The number of nitrogens with one attached hydrogen (secondary N) is 1. The van der Waals surface area contributed by atoms with Crippen LogP contribution in [0.3, 0.4) is 0 Å². The van der Waals surface area contributed by atoms with E-state index < -0.39 is 5.91 Å². The summed E-state index contributed by atoms with van der Waals surface area (Å²) in [5.41, 5.74) is 3.63. The van der Waals surface area contributed by atoms with Crippen LogP contribution in [0.2, 0.25) is 0 Å². The average Bonchev–Trinajstić information content (AvgIpc) is 3.01. The van der Waals surface area contributed by atoms with Gasteiger partial charge in [0.2, 0.25) is 0 Å². The van der Waals surface area contributed by atoms with Crippen molar-refractivity contribution in [3.8, 4) is 5.75 Å². The Kier molecular flexibility index (Phi) is 12.0. The second-order valence-electron chi connectivity index (χ2n) is 11.4. The Morgan fingerprint density at radius 1 is 0.881 bits per heavy atom. The molecule has 0 spiro atoms. The minimum Gasteiger partial charge on any atom is -0.497 e. The number of hydrogen-bond acceptors (Lipinski definition) is 5. The number of benzene rings is 3. The molecule has 0 bridgehead atoms. The Hall–Kier alpha value is -3.68. The zero-order valence-electron chi connectivity index (χ0n) is 25.4. The minimum absolute atomic E-state index is 0.0317. The van der Waals surface area contributed by atoms with E-state index in [2.05, 4.69) is 60.6 Å². The van der Waals surface area contributed by atoms with Crippen molar-refractivity contribution in [2.24, 2.45) is 0 Å². The monoisotopic (exact) mass is 570 g/mol. The number of hydrogen-bond donors (Lipinski definition) is 1. The standard InChI is InChI=1S/C35H46N4O3/c1-28-26-39(35(41)34(40)38(28)23-21-29-17-19-33(42-3)20-18-29)32(25-36-24-30-12-6-4-7-13-30)16-10-11-22-37(2)27-31-14-8-5-9-15-31/h4-9,12-15,17-20,28,32,36H,10-11,16,21-27H2,1-3H3/t28-,32-/m0/s1. The van der Waals surface area contributed by atoms with Gasteiger partial charge in [-0.15, -0.1) is 0 Å². The van der Waals surface area contributed by atoms with E-state index in [1.807, 2.05) is 53.4 Å². The van der Waals surface area contributed by atoms with E-state index in [1.54, 1.807) is 12.0 Å². The van der Waals surface area contributed by atoms with Crippen LogP contribution in [0, 0.1) is 0 Å². The van der Waals surface area contributed by atoms with Gasteiger partial charge in [-0.3, -0.25) is 9.59 Å². The topological polar surface area (TPSA) is 65.1 Å². The molecule has 42 heavy (non-hydrogen) atoms. The van der Waals surface area contributed by atoms with Crippen LogP contribution in [0.25, 0.3) is 0 Å². The summed E-state index contributed by atoms with van der Waals surface area (Å²) in [5, 5.41) is 3.56. The number of ether oxygens (including phenoxy) is 1. The fourth-order valence-electron chi connectivity index (χ4n) is 5.67. The summed E-state index contributed by atoms with van der Waals surface area (Å²) in [7, 11) is 3.80. The predicted octanol–water partition coefficient (Wildman–Crippen LogP) is 4.76. The molecule has 1 aliphatic heterocycles. The van der Waals surface area contributed by atoms with Gasteiger partial charge in [0, 0.05) is 44.8 Å². The first-order chi connectivity index (χ1) is 20.4. The van der Waals surface area contributed by atoms with Gasteiger partial charge in [-0.1, -0.05) is 79.2 Å². The van der Waals surface area contributed by atoms with Crippen molar-refractivity contribution in [3.05, 3.63) is 102 Å². The predicted molar refractivity (Wildman–Crippen MR) is 168 cm³/mol. The van der Waals surface area contributed by atoms with Crippen molar-refractivity contribution in [3.63, 3.8) is 0 Å². The van der Waals surface area contributed by atoms with Gasteiger partial charge in [0.1, 0.15) is 5.75 Å². The van der Waals surface area contributed by atoms with E-state index in [9.17, 15) is 9.59 Å². The average molecular weight is 571 g/mol. The number of unbranched alkanes of at least 4 members (excludes halogenated alkanes) is 1. The molecule has 0 radical (unpaired) electrons. The van der Waals surface area contributed by atoms with Gasteiger partial charge in [0.25, 0.3) is 0 Å². The number of piperazine rings is 1.